The summed E-state index contributed by atoms with van der Waals surface area (Å²) in [6.45, 7) is 0. The van der Waals surface area contributed by atoms with Crippen molar-refractivity contribution in [3.63, 3.8) is 0 Å². The van der Waals surface area contributed by atoms with Crippen molar-refractivity contribution in [1.82, 2.24) is 0 Å². The zero-order valence-corrected chi connectivity index (χ0v) is 10.7. The van der Waals surface area contributed by atoms with E-state index in [9.17, 15) is 0 Å². The molecule has 0 aliphatic carbocycles. The van der Waals surface area contributed by atoms with Crippen LogP contribution in [-0.2, 0) is 0 Å². The normalized spacial score (nSPS) is 9.15. The molecule has 68 valence electrons. The fourth-order valence-electron chi connectivity index (χ4n) is 0.796. The van der Waals surface area contributed by atoms with Crippen LogP contribution in [0.3, 0.4) is 0 Å². The van der Waals surface area contributed by atoms with Gasteiger partial charge in [-0.05, 0) is 18.2 Å². The SMILES string of the molecule is Clc1cc(Br)ccc1C#CCCBr. The van der Waals surface area contributed by atoms with E-state index >= 15 is 0 Å². The van der Waals surface area contributed by atoms with Crippen LogP contribution >= 0.6 is 43.5 Å². The topological polar surface area (TPSA) is 0 Å². The summed E-state index contributed by atoms with van der Waals surface area (Å²) in [6, 6.07) is 5.69. The van der Waals surface area contributed by atoms with E-state index in [1.807, 2.05) is 18.2 Å². The Morgan fingerprint density at radius 3 is 2.77 bits per heavy atom. The molecular weight excluding hydrogens is 315 g/mol. The zero-order valence-electron chi connectivity index (χ0n) is 6.78. The maximum absolute atomic E-state index is 5.96. The third kappa shape index (κ3) is 3.72. The molecule has 0 N–H and O–H groups in total. The smallest absolute Gasteiger partial charge is 0.0573 e. The molecule has 0 unspecified atom stereocenters. The van der Waals surface area contributed by atoms with E-state index in [1.54, 1.807) is 0 Å². The number of rotatable bonds is 1. The van der Waals surface area contributed by atoms with Gasteiger partial charge >= 0.3 is 0 Å². The highest BCUT2D eigenvalue weighted by molar-refractivity contribution is 9.10. The molecular formula is C10H7Br2Cl. The molecule has 0 aliphatic rings. The predicted octanol–water partition coefficient (Wildman–Crippen LogP) is 4.24. The Bertz CT molecular complexity index is 350. The highest BCUT2D eigenvalue weighted by Gasteiger charge is 1.96. The summed E-state index contributed by atoms with van der Waals surface area (Å²) >= 11 is 12.6. The van der Waals surface area contributed by atoms with E-state index in [4.69, 9.17) is 11.6 Å². The summed E-state index contributed by atoms with van der Waals surface area (Å²) in [7, 11) is 0. The first-order valence-corrected chi connectivity index (χ1v) is 6.03. The molecule has 13 heavy (non-hydrogen) atoms. The van der Waals surface area contributed by atoms with Crippen LogP contribution in [0.25, 0.3) is 0 Å². The van der Waals surface area contributed by atoms with Gasteiger partial charge in [0.1, 0.15) is 0 Å². The Balaban J connectivity index is 2.85. The van der Waals surface area contributed by atoms with Gasteiger partial charge in [-0.15, -0.1) is 0 Å². The average molecular weight is 322 g/mol. The lowest BCUT2D eigenvalue weighted by atomic mass is 10.2. The Morgan fingerprint density at radius 2 is 2.15 bits per heavy atom. The minimum Gasteiger partial charge on any atom is -0.0970 e. The molecule has 0 radical (unpaired) electrons. The predicted molar refractivity (Wildman–Crippen MR) is 64.4 cm³/mol. The molecule has 0 saturated carbocycles. The van der Waals surface area contributed by atoms with E-state index in [-0.39, 0.29) is 0 Å². The third-order valence-electron chi connectivity index (χ3n) is 1.37. The zero-order chi connectivity index (χ0) is 9.68. The van der Waals surface area contributed by atoms with Gasteiger partial charge in [0.25, 0.3) is 0 Å². The minimum absolute atomic E-state index is 0.691. The molecule has 0 nitrogen and oxygen atoms in total. The van der Waals surface area contributed by atoms with Gasteiger partial charge in [0.15, 0.2) is 0 Å². The maximum Gasteiger partial charge on any atom is 0.0573 e. The molecule has 1 aromatic rings. The van der Waals surface area contributed by atoms with Gasteiger partial charge < -0.3 is 0 Å². The highest BCUT2D eigenvalue weighted by atomic mass is 79.9. The number of hydrogen-bond donors (Lipinski definition) is 0. The lowest BCUT2D eigenvalue weighted by molar-refractivity contribution is 1.32. The average Bonchev–Trinajstić information content (AvgIpc) is 2.09. The van der Waals surface area contributed by atoms with E-state index in [0.717, 1.165) is 21.8 Å². The van der Waals surface area contributed by atoms with Gasteiger partial charge in [-0.2, -0.15) is 0 Å². The molecule has 0 fully saturated rings. The molecule has 0 atom stereocenters. The summed E-state index contributed by atoms with van der Waals surface area (Å²) in [4.78, 5) is 0. The molecule has 0 aromatic heterocycles. The minimum atomic E-state index is 0.691. The van der Waals surface area contributed by atoms with Crippen molar-refractivity contribution in [3.8, 4) is 11.8 Å². The van der Waals surface area contributed by atoms with Gasteiger partial charge in [0.05, 0.1) is 5.02 Å². The maximum atomic E-state index is 5.96. The summed E-state index contributed by atoms with van der Waals surface area (Å²) in [6.07, 6.45) is 0.840. The summed E-state index contributed by atoms with van der Waals surface area (Å²) in [5, 5.41) is 1.59. The van der Waals surface area contributed by atoms with Crippen LogP contribution in [0.2, 0.25) is 5.02 Å². The molecule has 3 heteroatoms. The van der Waals surface area contributed by atoms with Crippen molar-refractivity contribution in [2.24, 2.45) is 0 Å². The van der Waals surface area contributed by atoms with Crippen molar-refractivity contribution < 1.29 is 0 Å². The fraction of sp³-hybridized carbons (Fsp3) is 0.200. The fourth-order valence-corrected chi connectivity index (χ4v) is 1.71. The summed E-state index contributed by atoms with van der Waals surface area (Å²) in [5.74, 6) is 6.02. The van der Waals surface area contributed by atoms with Gasteiger partial charge in [0.2, 0.25) is 0 Å². The molecule has 0 aliphatic heterocycles. The number of alkyl halides is 1. The van der Waals surface area contributed by atoms with Crippen LogP contribution < -0.4 is 0 Å². The lowest BCUT2D eigenvalue weighted by Gasteiger charge is -1.95. The van der Waals surface area contributed by atoms with Crippen LogP contribution in [0, 0.1) is 11.8 Å². The lowest BCUT2D eigenvalue weighted by Crippen LogP contribution is -1.77. The Labute approximate surface area is 99.9 Å². The number of halogens is 3. The number of benzene rings is 1. The molecule has 0 amide bonds. The van der Waals surface area contributed by atoms with E-state index in [2.05, 4.69) is 43.7 Å². The van der Waals surface area contributed by atoms with Crippen LogP contribution in [0.15, 0.2) is 22.7 Å². The van der Waals surface area contributed by atoms with E-state index in [1.165, 1.54) is 0 Å². The first-order valence-electron chi connectivity index (χ1n) is 3.74. The van der Waals surface area contributed by atoms with Crippen molar-refractivity contribution in [1.29, 1.82) is 0 Å². The van der Waals surface area contributed by atoms with Crippen LogP contribution in [0.4, 0.5) is 0 Å². The van der Waals surface area contributed by atoms with Crippen molar-refractivity contribution in [3.05, 3.63) is 33.3 Å². The van der Waals surface area contributed by atoms with Crippen LogP contribution in [0.5, 0.6) is 0 Å². The quantitative estimate of drug-likeness (QED) is 0.536. The Hall–Kier alpha value is 0.0300. The molecule has 0 bridgehead atoms. The van der Waals surface area contributed by atoms with Crippen LogP contribution in [-0.4, -0.2) is 5.33 Å². The van der Waals surface area contributed by atoms with Crippen LogP contribution in [0.1, 0.15) is 12.0 Å². The van der Waals surface area contributed by atoms with Gasteiger partial charge in [-0.25, -0.2) is 0 Å². The van der Waals surface area contributed by atoms with Gasteiger partial charge in [-0.3, -0.25) is 0 Å². The first kappa shape index (κ1) is 11.1. The highest BCUT2D eigenvalue weighted by Crippen LogP contribution is 2.20. The van der Waals surface area contributed by atoms with E-state index in [0.29, 0.717) is 5.02 Å². The molecule has 0 spiro atoms. The van der Waals surface area contributed by atoms with E-state index < -0.39 is 0 Å². The molecule has 0 heterocycles. The Kier molecular flexibility index (Phi) is 4.87. The second-order valence-corrected chi connectivity index (χ2v) is 4.48. The second-order valence-electron chi connectivity index (χ2n) is 2.36. The number of hydrogen-bond acceptors (Lipinski definition) is 0. The van der Waals surface area contributed by atoms with Crippen molar-refractivity contribution in [2.75, 3.05) is 5.33 Å². The van der Waals surface area contributed by atoms with Gasteiger partial charge in [0, 0.05) is 21.8 Å². The van der Waals surface area contributed by atoms with Crippen molar-refractivity contribution in [2.45, 2.75) is 6.42 Å². The Morgan fingerprint density at radius 1 is 1.38 bits per heavy atom. The van der Waals surface area contributed by atoms with Gasteiger partial charge in [-0.1, -0.05) is 55.3 Å². The molecule has 0 saturated heterocycles. The third-order valence-corrected chi connectivity index (χ3v) is 2.58. The second kappa shape index (κ2) is 5.70. The largest absolute Gasteiger partial charge is 0.0970 e. The monoisotopic (exact) mass is 320 g/mol. The standard InChI is InChI=1S/C10H7Br2Cl/c11-6-2-1-3-8-4-5-9(12)7-10(8)13/h4-5,7H,2,6H2. The summed E-state index contributed by atoms with van der Waals surface area (Å²) in [5.41, 5.74) is 0.880. The van der Waals surface area contributed by atoms with Crippen molar-refractivity contribution >= 4 is 43.5 Å². The summed E-state index contributed by atoms with van der Waals surface area (Å²) < 4.78 is 0.976. The first-order chi connectivity index (χ1) is 6.24. The molecule has 1 rings (SSSR count). The molecule has 1 aromatic carbocycles.